The Morgan fingerprint density at radius 2 is 2.00 bits per heavy atom. The summed E-state index contributed by atoms with van der Waals surface area (Å²) in [5.74, 6) is 1.65. The summed E-state index contributed by atoms with van der Waals surface area (Å²) in [4.78, 5) is 15.2. The molecule has 6 nitrogen and oxygen atoms in total. The smallest absolute Gasteiger partial charge is 0.318 e. The highest BCUT2D eigenvalue weighted by molar-refractivity contribution is 6.02. The van der Waals surface area contributed by atoms with Gasteiger partial charge in [-0.2, -0.15) is 15.2 Å². The third kappa shape index (κ3) is 3.87. The van der Waals surface area contributed by atoms with Crippen molar-refractivity contribution >= 4 is 27.5 Å². The van der Waals surface area contributed by atoms with Gasteiger partial charge in [0.1, 0.15) is 22.8 Å². The third-order valence-electron chi connectivity index (χ3n) is 6.43. The standard InChI is InChI=1S/C27H21F2N5O/c1-3-18-21(28)10-9-17-7-4-8-19(22(17)18)24-23(29)25-20(15-31-24)26(33-27(32-25)35-2)34-12-5-6-16(14-30)11-13-34/h1,4,7-10,15-16H,5-6,11-13H2,2H3. The first-order valence-electron chi connectivity index (χ1n) is 11.3. The molecular formula is C27H21F2N5O. The van der Waals surface area contributed by atoms with Crippen LogP contribution in [0.1, 0.15) is 24.8 Å². The number of nitrogens with zero attached hydrogens (tertiary/aromatic N) is 5. The molecule has 2 aromatic carbocycles. The number of methoxy groups -OCH3 is 1. The van der Waals surface area contributed by atoms with Crippen molar-refractivity contribution in [1.82, 2.24) is 15.0 Å². The lowest BCUT2D eigenvalue weighted by atomic mass is 9.96. The van der Waals surface area contributed by atoms with Gasteiger partial charge < -0.3 is 9.64 Å². The molecule has 1 aliphatic heterocycles. The van der Waals surface area contributed by atoms with Gasteiger partial charge in [-0.05, 0) is 30.7 Å². The van der Waals surface area contributed by atoms with Crippen LogP contribution in [0.25, 0.3) is 32.9 Å². The zero-order valence-electron chi connectivity index (χ0n) is 19.1. The first-order valence-corrected chi connectivity index (χ1v) is 11.3. The second kappa shape index (κ2) is 9.15. The number of aromatic nitrogens is 3. The van der Waals surface area contributed by atoms with Crippen molar-refractivity contribution in [3.05, 3.63) is 53.7 Å². The number of ether oxygens (including phenoxy) is 1. The fraction of sp³-hybridized carbons (Fsp3) is 0.259. The normalized spacial score (nSPS) is 16.0. The maximum absolute atomic E-state index is 16.1. The number of hydrogen-bond acceptors (Lipinski definition) is 6. The minimum atomic E-state index is -0.672. The lowest BCUT2D eigenvalue weighted by molar-refractivity contribution is 0.381. The maximum atomic E-state index is 16.1. The largest absolute Gasteiger partial charge is 0.467 e. The Labute approximate surface area is 201 Å². The van der Waals surface area contributed by atoms with Crippen LogP contribution in [0.2, 0.25) is 0 Å². The van der Waals surface area contributed by atoms with Gasteiger partial charge in [0.15, 0.2) is 5.82 Å². The summed E-state index contributed by atoms with van der Waals surface area (Å²) in [5.41, 5.74) is 0.489. The molecule has 1 saturated heterocycles. The number of nitriles is 1. The van der Waals surface area contributed by atoms with Crippen molar-refractivity contribution in [1.29, 1.82) is 5.26 Å². The highest BCUT2D eigenvalue weighted by Gasteiger charge is 2.24. The number of rotatable bonds is 3. The second-order valence-corrected chi connectivity index (χ2v) is 8.43. The van der Waals surface area contributed by atoms with E-state index in [1.807, 2.05) is 4.90 Å². The van der Waals surface area contributed by atoms with Crippen LogP contribution in [0.3, 0.4) is 0 Å². The Morgan fingerprint density at radius 3 is 2.77 bits per heavy atom. The molecule has 8 heteroatoms. The molecule has 0 aliphatic carbocycles. The molecule has 1 aliphatic rings. The van der Waals surface area contributed by atoms with E-state index >= 15 is 4.39 Å². The van der Waals surface area contributed by atoms with Gasteiger partial charge in [-0.25, -0.2) is 8.78 Å². The number of halogens is 2. The molecule has 1 unspecified atom stereocenters. The summed E-state index contributed by atoms with van der Waals surface area (Å²) in [6.07, 6.45) is 9.44. The maximum Gasteiger partial charge on any atom is 0.318 e. The number of benzene rings is 2. The molecule has 5 rings (SSSR count). The summed E-state index contributed by atoms with van der Waals surface area (Å²) in [7, 11) is 1.42. The summed E-state index contributed by atoms with van der Waals surface area (Å²) >= 11 is 0. The van der Waals surface area contributed by atoms with E-state index in [4.69, 9.17) is 11.2 Å². The first kappa shape index (κ1) is 22.5. The Hall–Kier alpha value is -4.30. The van der Waals surface area contributed by atoms with Gasteiger partial charge in [0.2, 0.25) is 0 Å². The fourth-order valence-electron chi connectivity index (χ4n) is 4.67. The van der Waals surface area contributed by atoms with Gasteiger partial charge in [0.25, 0.3) is 0 Å². The fourth-order valence-corrected chi connectivity index (χ4v) is 4.67. The molecule has 35 heavy (non-hydrogen) atoms. The lowest BCUT2D eigenvalue weighted by Crippen LogP contribution is -2.26. The zero-order chi connectivity index (χ0) is 24.5. The first-order chi connectivity index (χ1) is 17.0. The van der Waals surface area contributed by atoms with E-state index in [-0.39, 0.29) is 28.7 Å². The highest BCUT2D eigenvalue weighted by atomic mass is 19.1. The van der Waals surface area contributed by atoms with E-state index < -0.39 is 11.6 Å². The molecule has 0 spiro atoms. The Balaban J connectivity index is 1.72. The molecule has 0 amide bonds. The molecule has 0 bridgehead atoms. The van der Waals surface area contributed by atoms with Crippen molar-refractivity contribution in [3.8, 4) is 35.7 Å². The Morgan fingerprint density at radius 1 is 1.14 bits per heavy atom. The minimum absolute atomic E-state index is 0.0114. The molecule has 0 radical (unpaired) electrons. The van der Waals surface area contributed by atoms with Gasteiger partial charge in [-0.3, -0.25) is 4.98 Å². The van der Waals surface area contributed by atoms with Crippen molar-refractivity contribution in [2.75, 3.05) is 25.1 Å². The summed E-state index contributed by atoms with van der Waals surface area (Å²) < 4.78 is 35.8. The number of fused-ring (bicyclic) bond motifs is 2. The van der Waals surface area contributed by atoms with E-state index in [1.54, 1.807) is 24.3 Å². The molecule has 1 atom stereocenters. The van der Waals surface area contributed by atoms with E-state index in [0.29, 0.717) is 47.1 Å². The second-order valence-electron chi connectivity index (χ2n) is 8.43. The van der Waals surface area contributed by atoms with Crippen LogP contribution in [-0.4, -0.2) is 35.2 Å². The van der Waals surface area contributed by atoms with Crippen molar-refractivity contribution in [2.45, 2.75) is 19.3 Å². The van der Waals surface area contributed by atoms with Crippen molar-refractivity contribution < 1.29 is 13.5 Å². The predicted molar refractivity (Wildman–Crippen MR) is 130 cm³/mol. The Bertz CT molecular complexity index is 1540. The van der Waals surface area contributed by atoms with Gasteiger partial charge >= 0.3 is 6.01 Å². The average molecular weight is 469 g/mol. The number of pyridine rings is 1. The van der Waals surface area contributed by atoms with Crippen LogP contribution in [0.5, 0.6) is 6.01 Å². The monoisotopic (exact) mass is 469 g/mol. The molecule has 1 fully saturated rings. The Kier molecular flexibility index (Phi) is 5.88. The molecule has 3 heterocycles. The van der Waals surface area contributed by atoms with E-state index in [0.717, 1.165) is 12.8 Å². The van der Waals surface area contributed by atoms with Gasteiger partial charge in [-0.15, -0.1) is 6.42 Å². The quantitative estimate of drug-likeness (QED) is 0.382. The van der Waals surface area contributed by atoms with Crippen LogP contribution >= 0.6 is 0 Å². The summed E-state index contributed by atoms with van der Waals surface area (Å²) in [5, 5.41) is 10.8. The summed E-state index contributed by atoms with van der Waals surface area (Å²) in [6, 6.07) is 10.5. The third-order valence-corrected chi connectivity index (χ3v) is 6.43. The topological polar surface area (TPSA) is 74.9 Å². The average Bonchev–Trinajstić information content (AvgIpc) is 3.14. The molecule has 2 aromatic heterocycles. The number of hydrogen-bond donors (Lipinski definition) is 0. The predicted octanol–water partition coefficient (Wildman–Crippen LogP) is 5.24. The molecule has 4 aromatic rings. The van der Waals surface area contributed by atoms with Crippen molar-refractivity contribution in [3.63, 3.8) is 0 Å². The molecule has 0 N–H and O–H groups in total. The highest BCUT2D eigenvalue weighted by Crippen LogP contribution is 2.37. The zero-order valence-corrected chi connectivity index (χ0v) is 19.1. The van der Waals surface area contributed by atoms with Crippen LogP contribution in [0.4, 0.5) is 14.6 Å². The van der Waals surface area contributed by atoms with Gasteiger partial charge in [-0.1, -0.05) is 30.2 Å². The van der Waals surface area contributed by atoms with Gasteiger partial charge in [0.05, 0.1) is 24.1 Å². The van der Waals surface area contributed by atoms with Crippen LogP contribution in [-0.2, 0) is 0 Å². The number of terminal acetylenes is 1. The molecule has 0 saturated carbocycles. The lowest BCUT2D eigenvalue weighted by Gasteiger charge is -2.23. The minimum Gasteiger partial charge on any atom is -0.467 e. The van der Waals surface area contributed by atoms with Gasteiger partial charge in [0, 0.05) is 36.2 Å². The van der Waals surface area contributed by atoms with Crippen LogP contribution in [0, 0.1) is 41.2 Å². The number of anilines is 1. The molecule has 174 valence electrons. The van der Waals surface area contributed by atoms with Crippen LogP contribution in [0.15, 0.2) is 36.5 Å². The molecular weight excluding hydrogens is 448 g/mol. The summed E-state index contributed by atoms with van der Waals surface area (Å²) in [6.45, 7) is 1.27. The van der Waals surface area contributed by atoms with E-state index in [1.165, 1.54) is 19.4 Å². The van der Waals surface area contributed by atoms with Crippen LogP contribution < -0.4 is 9.64 Å². The van der Waals surface area contributed by atoms with Crippen molar-refractivity contribution in [2.24, 2.45) is 5.92 Å². The SMILES string of the molecule is C#Cc1c(F)ccc2cccc(-c3ncc4c(N5CCCC(C#N)CC5)nc(OC)nc4c3F)c12. The van der Waals surface area contributed by atoms with E-state index in [9.17, 15) is 9.65 Å². The van der Waals surface area contributed by atoms with E-state index in [2.05, 4.69) is 26.9 Å².